The second kappa shape index (κ2) is 6.67. The summed E-state index contributed by atoms with van der Waals surface area (Å²) in [6.45, 7) is 6.09. The summed E-state index contributed by atoms with van der Waals surface area (Å²) in [6.07, 6.45) is -3.61. The van der Waals surface area contributed by atoms with Crippen LogP contribution in [0.5, 0.6) is 0 Å². The quantitative estimate of drug-likeness (QED) is 0.864. The summed E-state index contributed by atoms with van der Waals surface area (Å²) in [5, 5.41) is 13.2. The molecule has 1 atom stereocenters. The molecule has 1 unspecified atom stereocenters. The van der Waals surface area contributed by atoms with Gasteiger partial charge < -0.3 is 5.11 Å². The molecule has 7 heteroatoms. The zero-order chi connectivity index (χ0) is 18.1. The molecule has 1 N–H and O–H groups in total. The molecule has 0 spiro atoms. The number of aryl methyl sites for hydroxylation is 1. The van der Waals surface area contributed by atoms with Crippen LogP contribution < -0.4 is 0 Å². The van der Waals surface area contributed by atoms with Crippen LogP contribution in [0.4, 0.5) is 13.2 Å². The molecule has 0 fully saturated rings. The number of carboxylic acids is 1. The molecular weight excluding hydrogens is 321 g/mol. The number of benzene rings is 1. The third-order valence-corrected chi connectivity index (χ3v) is 4.02. The number of aromatic carboxylic acids is 1. The van der Waals surface area contributed by atoms with Crippen LogP contribution in [-0.4, -0.2) is 20.9 Å². The van der Waals surface area contributed by atoms with Crippen molar-refractivity contribution < 1.29 is 23.1 Å². The van der Waals surface area contributed by atoms with Gasteiger partial charge in [-0.1, -0.05) is 26.3 Å². The van der Waals surface area contributed by atoms with Gasteiger partial charge in [0.15, 0.2) is 5.69 Å². The molecule has 0 bridgehead atoms. The topological polar surface area (TPSA) is 55.1 Å². The second-order valence-electron chi connectivity index (χ2n) is 5.94. The number of carbonyl (C=O) groups is 1. The van der Waals surface area contributed by atoms with Gasteiger partial charge in [0.05, 0.1) is 11.3 Å². The number of alkyl halides is 3. The van der Waals surface area contributed by atoms with Crippen LogP contribution in [0.15, 0.2) is 24.3 Å². The molecule has 2 rings (SSSR count). The average molecular weight is 340 g/mol. The van der Waals surface area contributed by atoms with Gasteiger partial charge >= 0.3 is 12.1 Å². The van der Waals surface area contributed by atoms with Crippen molar-refractivity contribution in [2.45, 2.75) is 39.9 Å². The number of hydrogen-bond donors (Lipinski definition) is 1. The lowest BCUT2D eigenvalue weighted by Crippen LogP contribution is -2.11. The van der Waals surface area contributed by atoms with Crippen LogP contribution in [0.25, 0.3) is 11.3 Å². The SMILES string of the molecule is CCC(C)Cn1nc(C(=O)O)cc1-c1cc(C(F)(F)F)ccc1C. The molecule has 2 aromatic rings. The van der Waals surface area contributed by atoms with E-state index in [1.807, 2.05) is 13.8 Å². The van der Waals surface area contributed by atoms with E-state index in [4.69, 9.17) is 5.11 Å². The largest absolute Gasteiger partial charge is 0.476 e. The van der Waals surface area contributed by atoms with Crippen LogP contribution in [0, 0.1) is 12.8 Å². The Bertz CT molecular complexity index is 751. The number of rotatable bonds is 5. The Hall–Kier alpha value is -2.31. The summed E-state index contributed by atoms with van der Waals surface area (Å²) in [5.41, 5.74) is 0.413. The Balaban J connectivity index is 2.60. The highest BCUT2D eigenvalue weighted by molar-refractivity contribution is 5.87. The molecule has 24 heavy (non-hydrogen) atoms. The fourth-order valence-corrected chi connectivity index (χ4v) is 2.38. The van der Waals surface area contributed by atoms with Crippen molar-refractivity contribution in [2.24, 2.45) is 5.92 Å². The van der Waals surface area contributed by atoms with Gasteiger partial charge in [-0.25, -0.2) is 4.79 Å². The lowest BCUT2D eigenvalue weighted by Gasteiger charge is -2.15. The molecule has 0 saturated carbocycles. The minimum absolute atomic E-state index is 0.176. The van der Waals surface area contributed by atoms with Crippen molar-refractivity contribution in [1.82, 2.24) is 9.78 Å². The lowest BCUT2D eigenvalue weighted by molar-refractivity contribution is -0.137. The van der Waals surface area contributed by atoms with E-state index in [0.29, 0.717) is 23.4 Å². The molecule has 1 aromatic carbocycles. The van der Waals surface area contributed by atoms with Gasteiger partial charge in [0.25, 0.3) is 0 Å². The molecule has 0 radical (unpaired) electrons. The zero-order valence-electron chi connectivity index (χ0n) is 13.7. The molecule has 0 saturated heterocycles. The van der Waals surface area contributed by atoms with Crippen molar-refractivity contribution in [2.75, 3.05) is 0 Å². The number of nitrogens with zero attached hydrogens (tertiary/aromatic N) is 2. The van der Waals surface area contributed by atoms with Crippen molar-refractivity contribution in [3.63, 3.8) is 0 Å². The van der Waals surface area contributed by atoms with Gasteiger partial charge in [-0.15, -0.1) is 0 Å². The molecule has 130 valence electrons. The van der Waals surface area contributed by atoms with Crippen LogP contribution in [-0.2, 0) is 12.7 Å². The van der Waals surface area contributed by atoms with Crippen LogP contribution in [0.2, 0.25) is 0 Å². The van der Waals surface area contributed by atoms with Crippen LogP contribution in [0.1, 0.15) is 41.9 Å². The van der Waals surface area contributed by atoms with E-state index in [2.05, 4.69) is 5.10 Å². The molecule has 0 aliphatic carbocycles. The van der Waals surface area contributed by atoms with Gasteiger partial charge in [0.1, 0.15) is 0 Å². The minimum atomic E-state index is -4.46. The first-order valence-electron chi connectivity index (χ1n) is 7.62. The van der Waals surface area contributed by atoms with Crippen molar-refractivity contribution in [3.8, 4) is 11.3 Å². The Labute approximate surface area is 137 Å². The molecule has 0 aliphatic rings. The maximum absolute atomic E-state index is 13.0. The van der Waals surface area contributed by atoms with Crippen molar-refractivity contribution in [1.29, 1.82) is 0 Å². The summed E-state index contributed by atoms with van der Waals surface area (Å²) in [7, 11) is 0. The van der Waals surface area contributed by atoms with Crippen LogP contribution >= 0.6 is 0 Å². The first-order valence-corrected chi connectivity index (χ1v) is 7.62. The van der Waals surface area contributed by atoms with E-state index in [1.165, 1.54) is 16.8 Å². The molecule has 1 aromatic heterocycles. The van der Waals surface area contributed by atoms with Crippen molar-refractivity contribution >= 4 is 5.97 Å². The lowest BCUT2D eigenvalue weighted by atomic mass is 10.0. The van der Waals surface area contributed by atoms with Gasteiger partial charge in [0, 0.05) is 12.1 Å². The molecule has 0 aliphatic heterocycles. The monoisotopic (exact) mass is 340 g/mol. The summed E-state index contributed by atoms with van der Waals surface area (Å²) in [4.78, 5) is 11.2. The zero-order valence-corrected chi connectivity index (χ0v) is 13.7. The van der Waals surface area contributed by atoms with E-state index in [-0.39, 0.29) is 11.6 Å². The number of carboxylic acid groups (broad SMARTS) is 1. The minimum Gasteiger partial charge on any atom is -0.476 e. The summed E-state index contributed by atoms with van der Waals surface area (Å²) in [6, 6.07) is 4.78. The van der Waals surface area contributed by atoms with Gasteiger partial charge in [-0.05, 0) is 36.6 Å². The molecular formula is C17H19F3N2O2. The summed E-state index contributed by atoms with van der Waals surface area (Å²) < 4.78 is 40.5. The highest BCUT2D eigenvalue weighted by Crippen LogP contribution is 2.34. The van der Waals surface area contributed by atoms with E-state index in [1.54, 1.807) is 6.92 Å². The average Bonchev–Trinajstić information content (AvgIpc) is 2.90. The Morgan fingerprint density at radius 2 is 2.00 bits per heavy atom. The van der Waals surface area contributed by atoms with E-state index in [9.17, 15) is 18.0 Å². The van der Waals surface area contributed by atoms with Gasteiger partial charge in [0.2, 0.25) is 0 Å². The molecule has 4 nitrogen and oxygen atoms in total. The summed E-state index contributed by atoms with van der Waals surface area (Å²) >= 11 is 0. The Kier molecular flexibility index (Phi) is 5.01. The Morgan fingerprint density at radius 1 is 1.33 bits per heavy atom. The fraction of sp³-hybridized carbons (Fsp3) is 0.412. The third kappa shape index (κ3) is 3.77. The maximum Gasteiger partial charge on any atom is 0.416 e. The number of halogens is 3. The first kappa shape index (κ1) is 18.0. The van der Waals surface area contributed by atoms with E-state index in [0.717, 1.165) is 18.6 Å². The predicted molar refractivity (Wildman–Crippen MR) is 83.8 cm³/mol. The standard InChI is InChI=1S/C17H19F3N2O2/c1-4-10(2)9-22-15(8-14(21-22)16(23)24)13-7-12(17(18,19)20)6-5-11(13)3/h5-8,10H,4,9H2,1-3H3,(H,23,24). The normalized spacial score (nSPS) is 13.1. The molecule has 0 amide bonds. The summed E-state index contributed by atoms with van der Waals surface area (Å²) in [5.74, 6) is -0.986. The highest BCUT2D eigenvalue weighted by atomic mass is 19.4. The second-order valence-corrected chi connectivity index (χ2v) is 5.94. The Morgan fingerprint density at radius 3 is 2.54 bits per heavy atom. The highest BCUT2D eigenvalue weighted by Gasteiger charge is 2.31. The van der Waals surface area contributed by atoms with Gasteiger partial charge in [-0.3, -0.25) is 4.68 Å². The van der Waals surface area contributed by atoms with E-state index >= 15 is 0 Å². The number of hydrogen-bond acceptors (Lipinski definition) is 2. The predicted octanol–water partition coefficient (Wildman–Crippen LogP) is 4.62. The fourth-order valence-electron chi connectivity index (χ4n) is 2.38. The van der Waals surface area contributed by atoms with E-state index < -0.39 is 17.7 Å². The van der Waals surface area contributed by atoms with Gasteiger partial charge in [-0.2, -0.15) is 18.3 Å². The van der Waals surface area contributed by atoms with Crippen LogP contribution in [0.3, 0.4) is 0 Å². The third-order valence-electron chi connectivity index (χ3n) is 4.02. The number of aromatic nitrogens is 2. The maximum atomic E-state index is 13.0. The van der Waals surface area contributed by atoms with Crippen molar-refractivity contribution in [3.05, 3.63) is 41.1 Å². The molecule has 1 heterocycles. The smallest absolute Gasteiger partial charge is 0.416 e. The first-order chi connectivity index (χ1) is 11.1.